The molecule has 1 aromatic heterocycles. The molecular formula is C15H25N3O2S. The van der Waals surface area contributed by atoms with Crippen molar-refractivity contribution < 1.29 is 9.90 Å². The SMILES string of the molecule is CSCCCC(=O)N1CCCC(C(O)c2nccn2C)C1. The molecule has 1 aromatic rings. The van der Waals surface area contributed by atoms with E-state index in [1.54, 1.807) is 18.0 Å². The second-order valence-electron chi connectivity index (χ2n) is 5.68. The predicted molar refractivity (Wildman–Crippen MR) is 85.1 cm³/mol. The lowest BCUT2D eigenvalue weighted by atomic mass is 9.91. The van der Waals surface area contributed by atoms with Crippen LogP contribution in [0.5, 0.6) is 0 Å². The molecule has 5 nitrogen and oxygen atoms in total. The van der Waals surface area contributed by atoms with Crippen LogP contribution in [0.15, 0.2) is 12.4 Å². The van der Waals surface area contributed by atoms with E-state index in [-0.39, 0.29) is 11.8 Å². The van der Waals surface area contributed by atoms with E-state index >= 15 is 0 Å². The van der Waals surface area contributed by atoms with Gasteiger partial charge in [-0.1, -0.05) is 0 Å². The summed E-state index contributed by atoms with van der Waals surface area (Å²) in [6, 6.07) is 0. The van der Waals surface area contributed by atoms with Crippen molar-refractivity contribution in [2.45, 2.75) is 31.8 Å². The van der Waals surface area contributed by atoms with E-state index in [2.05, 4.69) is 11.2 Å². The Labute approximate surface area is 130 Å². The van der Waals surface area contributed by atoms with Gasteiger partial charge in [-0.05, 0) is 31.3 Å². The molecule has 118 valence electrons. The average Bonchev–Trinajstić information content (AvgIpc) is 2.93. The van der Waals surface area contributed by atoms with Crippen molar-refractivity contribution >= 4 is 17.7 Å². The first-order chi connectivity index (χ1) is 10.1. The number of likely N-dealkylation sites (tertiary alicyclic amines) is 1. The standard InChI is InChI=1S/C15H25N3O2S/c1-17-9-7-16-15(17)14(20)12-5-3-8-18(11-12)13(19)6-4-10-21-2/h7,9,12,14,20H,3-6,8,10-11H2,1-2H3. The maximum absolute atomic E-state index is 12.2. The van der Waals surface area contributed by atoms with Crippen LogP contribution in [0.2, 0.25) is 0 Å². The van der Waals surface area contributed by atoms with E-state index in [1.165, 1.54) is 0 Å². The van der Waals surface area contributed by atoms with E-state index in [9.17, 15) is 9.90 Å². The maximum atomic E-state index is 12.2. The molecule has 0 aliphatic carbocycles. The first kappa shape index (κ1) is 16.4. The Kier molecular flexibility index (Phi) is 6.11. The van der Waals surface area contributed by atoms with Crippen molar-refractivity contribution in [2.24, 2.45) is 13.0 Å². The third-order valence-electron chi connectivity index (χ3n) is 4.12. The Morgan fingerprint density at radius 3 is 3.10 bits per heavy atom. The number of aryl methyl sites for hydroxylation is 1. The predicted octanol–water partition coefficient (Wildman–Crippen LogP) is 1.84. The van der Waals surface area contributed by atoms with Crippen molar-refractivity contribution in [3.63, 3.8) is 0 Å². The molecule has 0 saturated carbocycles. The topological polar surface area (TPSA) is 58.4 Å². The number of carbonyl (C=O) groups is 1. The van der Waals surface area contributed by atoms with Gasteiger partial charge in [-0.15, -0.1) is 0 Å². The van der Waals surface area contributed by atoms with Crippen LogP contribution in [0.25, 0.3) is 0 Å². The lowest BCUT2D eigenvalue weighted by molar-refractivity contribution is -0.134. The second kappa shape index (κ2) is 7.84. The molecular weight excluding hydrogens is 286 g/mol. The maximum Gasteiger partial charge on any atom is 0.222 e. The molecule has 6 heteroatoms. The Morgan fingerprint density at radius 1 is 1.62 bits per heavy atom. The number of carbonyl (C=O) groups excluding carboxylic acids is 1. The minimum absolute atomic E-state index is 0.0874. The van der Waals surface area contributed by atoms with Crippen molar-refractivity contribution in [1.29, 1.82) is 0 Å². The van der Waals surface area contributed by atoms with Crippen LogP contribution in [0, 0.1) is 5.92 Å². The molecule has 2 heterocycles. The van der Waals surface area contributed by atoms with E-state index in [0.29, 0.717) is 18.8 Å². The summed E-state index contributed by atoms with van der Waals surface area (Å²) in [5.74, 6) is 2.03. The van der Waals surface area contributed by atoms with Gasteiger partial charge in [-0.2, -0.15) is 11.8 Å². The van der Waals surface area contributed by atoms with Gasteiger partial charge in [0, 0.05) is 44.9 Å². The van der Waals surface area contributed by atoms with Crippen LogP contribution < -0.4 is 0 Å². The number of piperidine rings is 1. The lowest BCUT2D eigenvalue weighted by Gasteiger charge is -2.35. The molecule has 0 radical (unpaired) electrons. The van der Waals surface area contributed by atoms with E-state index in [0.717, 1.165) is 31.6 Å². The molecule has 21 heavy (non-hydrogen) atoms. The van der Waals surface area contributed by atoms with Crippen molar-refractivity contribution in [3.05, 3.63) is 18.2 Å². The zero-order valence-electron chi connectivity index (χ0n) is 12.9. The third kappa shape index (κ3) is 4.23. The fraction of sp³-hybridized carbons (Fsp3) is 0.733. The summed E-state index contributed by atoms with van der Waals surface area (Å²) in [5, 5.41) is 10.5. The highest BCUT2D eigenvalue weighted by atomic mass is 32.2. The molecule has 2 atom stereocenters. The van der Waals surface area contributed by atoms with E-state index < -0.39 is 6.10 Å². The molecule has 1 amide bonds. The summed E-state index contributed by atoms with van der Waals surface area (Å²) in [7, 11) is 1.89. The summed E-state index contributed by atoms with van der Waals surface area (Å²) in [4.78, 5) is 18.4. The number of rotatable bonds is 6. The van der Waals surface area contributed by atoms with Crippen LogP contribution in [0.1, 0.15) is 37.6 Å². The summed E-state index contributed by atoms with van der Waals surface area (Å²) >= 11 is 1.77. The molecule has 0 aromatic carbocycles. The minimum Gasteiger partial charge on any atom is -0.385 e. The number of imidazole rings is 1. The monoisotopic (exact) mass is 311 g/mol. The van der Waals surface area contributed by atoms with Gasteiger partial charge in [-0.25, -0.2) is 4.98 Å². The Bertz CT molecular complexity index is 464. The number of aliphatic hydroxyl groups is 1. The Balaban J connectivity index is 1.91. The molecule has 1 N–H and O–H groups in total. The van der Waals surface area contributed by atoms with Gasteiger partial charge in [-0.3, -0.25) is 4.79 Å². The van der Waals surface area contributed by atoms with E-state index in [1.807, 2.05) is 22.7 Å². The van der Waals surface area contributed by atoms with Crippen molar-refractivity contribution in [3.8, 4) is 0 Å². The Hall–Kier alpha value is -1.01. The highest BCUT2D eigenvalue weighted by Crippen LogP contribution is 2.29. The fourth-order valence-electron chi connectivity index (χ4n) is 2.89. The molecule has 0 spiro atoms. The highest BCUT2D eigenvalue weighted by Gasteiger charge is 2.30. The van der Waals surface area contributed by atoms with Crippen LogP contribution >= 0.6 is 11.8 Å². The number of amides is 1. The average molecular weight is 311 g/mol. The highest BCUT2D eigenvalue weighted by molar-refractivity contribution is 7.98. The second-order valence-corrected chi connectivity index (χ2v) is 6.67. The molecule has 2 rings (SSSR count). The van der Waals surface area contributed by atoms with Crippen LogP contribution in [-0.2, 0) is 11.8 Å². The summed E-state index contributed by atoms with van der Waals surface area (Å²) in [5.41, 5.74) is 0. The minimum atomic E-state index is -0.591. The third-order valence-corrected chi connectivity index (χ3v) is 4.82. The molecule has 1 aliphatic rings. The number of aromatic nitrogens is 2. The smallest absolute Gasteiger partial charge is 0.222 e. The lowest BCUT2D eigenvalue weighted by Crippen LogP contribution is -2.42. The molecule has 1 fully saturated rings. The van der Waals surface area contributed by atoms with Gasteiger partial charge >= 0.3 is 0 Å². The first-order valence-corrected chi connectivity index (χ1v) is 8.95. The summed E-state index contributed by atoms with van der Waals surface area (Å²) in [6.45, 7) is 1.47. The fourth-order valence-corrected chi connectivity index (χ4v) is 3.33. The first-order valence-electron chi connectivity index (χ1n) is 7.55. The van der Waals surface area contributed by atoms with Gasteiger partial charge in [0.2, 0.25) is 5.91 Å². The van der Waals surface area contributed by atoms with Crippen LogP contribution in [0.3, 0.4) is 0 Å². The van der Waals surface area contributed by atoms with Gasteiger partial charge in [0.1, 0.15) is 11.9 Å². The number of nitrogens with zero attached hydrogens (tertiary/aromatic N) is 3. The summed E-state index contributed by atoms with van der Waals surface area (Å²) in [6.07, 6.45) is 8.47. The normalized spacial score (nSPS) is 20.5. The largest absolute Gasteiger partial charge is 0.385 e. The van der Waals surface area contributed by atoms with Gasteiger partial charge in [0.25, 0.3) is 0 Å². The Morgan fingerprint density at radius 2 is 2.43 bits per heavy atom. The van der Waals surface area contributed by atoms with E-state index in [4.69, 9.17) is 0 Å². The van der Waals surface area contributed by atoms with Crippen LogP contribution in [0.4, 0.5) is 0 Å². The van der Waals surface area contributed by atoms with Crippen molar-refractivity contribution in [1.82, 2.24) is 14.5 Å². The zero-order valence-corrected chi connectivity index (χ0v) is 13.7. The molecule has 1 saturated heterocycles. The van der Waals surface area contributed by atoms with Gasteiger partial charge in [0.15, 0.2) is 0 Å². The van der Waals surface area contributed by atoms with Gasteiger partial charge < -0.3 is 14.6 Å². The molecule has 2 unspecified atom stereocenters. The molecule has 1 aliphatic heterocycles. The van der Waals surface area contributed by atoms with Gasteiger partial charge in [0.05, 0.1) is 0 Å². The number of hydrogen-bond donors (Lipinski definition) is 1. The molecule has 0 bridgehead atoms. The quantitative estimate of drug-likeness (QED) is 0.814. The summed E-state index contributed by atoms with van der Waals surface area (Å²) < 4.78 is 1.85. The zero-order chi connectivity index (χ0) is 15.2. The number of thioether (sulfide) groups is 1. The number of hydrogen-bond acceptors (Lipinski definition) is 4. The van der Waals surface area contributed by atoms with Crippen molar-refractivity contribution in [2.75, 3.05) is 25.1 Å². The number of aliphatic hydroxyl groups excluding tert-OH is 1. The van der Waals surface area contributed by atoms with Crippen LogP contribution in [-0.4, -0.2) is 50.6 Å².